The van der Waals surface area contributed by atoms with Crippen molar-refractivity contribution in [2.75, 3.05) is 18.4 Å². The molecular weight excluding hydrogens is 358 g/mol. The molecule has 140 valence electrons. The molecule has 5 heteroatoms. The molecule has 3 rings (SSSR count). The number of benzene rings is 2. The maximum absolute atomic E-state index is 13.1. The molecule has 1 N–H and O–H groups in total. The van der Waals surface area contributed by atoms with Crippen LogP contribution in [0.25, 0.3) is 10.9 Å². The zero-order chi connectivity index (χ0) is 19.4. The van der Waals surface area contributed by atoms with Gasteiger partial charge in [0.25, 0.3) is 5.91 Å². The summed E-state index contributed by atoms with van der Waals surface area (Å²) in [6, 6.07) is 15.7. The van der Waals surface area contributed by atoms with Gasteiger partial charge >= 0.3 is 0 Å². The Morgan fingerprint density at radius 2 is 1.85 bits per heavy atom. The Labute approximate surface area is 165 Å². The minimum absolute atomic E-state index is 0.0269. The van der Waals surface area contributed by atoms with Crippen LogP contribution in [-0.4, -0.2) is 28.9 Å². The first kappa shape index (κ1) is 19.2. The van der Waals surface area contributed by atoms with Gasteiger partial charge in [0.2, 0.25) is 0 Å². The summed E-state index contributed by atoms with van der Waals surface area (Å²) in [7, 11) is 0. The molecule has 1 atom stereocenters. The number of aromatic nitrogens is 1. The number of nitrogens with one attached hydrogen (secondary N) is 1. The van der Waals surface area contributed by atoms with E-state index in [2.05, 4.69) is 29.4 Å². The molecule has 0 radical (unpaired) electrons. The third kappa shape index (κ3) is 4.06. The van der Waals surface area contributed by atoms with Crippen molar-refractivity contribution in [2.45, 2.75) is 26.8 Å². The summed E-state index contributed by atoms with van der Waals surface area (Å²) >= 11 is 6.24. The van der Waals surface area contributed by atoms with E-state index in [1.165, 1.54) is 0 Å². The van der Waals surface area contributed by atoms with Crippen LogP contribution >= 0.6 is 11.6 Å². The van der Waals surface area contributed by atoms with E-state index in [1.807, 2.05) is 50.2 Å². The van der Waals surface area contributed by atoms with E-state index in [1.54, 1.807) is 11.1 Å². The van der Waals surface area contributed by atoms with Crippen molar-refractivity contribution in [3.8, 4) is 0 Å². The minimum atomic E-state index is -0.0304. The molecular formula is C22H24ClN3O. The second kappa shape index (κ2) is 8.40. The number of hydrogen-bond donors (Lipinski definition) is 1. The summed E-state index contributed by atoms with van der Waals surface area (Å²) in [5, 5.41) is 5.00. The van der Waals surface area contributed by atoms with Gasteiger partial charge in [0, 0.05) is 35.7 Å². The van der Waals surface area contributed by atoms with Crippen LogP contribution in [0.4, 0.5) is 5.69 Å². The molecule has 1 heterocycles. The quantitative estimate of drug-likeness (QED) is 0.609. The number of anilines is 1. The molecule has 27 heavy (non-hydrogen) atoms. The number of pyridine rings is 1. The van der Waals surface area contributed by atoms with E-state index in [-0.39, 0.29) is 11.9 Å². The van der Waals surface area contributed by atoms with Crippen LogP contribution in [0.2, 0.25) is 5.02 Å². The summed E-state index contributed by atoms with van der Waals surface area (Å²) in [5.41, 5.74) is 3.29. The van der Waals surface area contributed by atoms with Gasteiger partial charge in [-0.25, -0.2) is 0 Å². The van der Waals surface area contributed by atoms with E-state index in [0.717, 1.165) is 22.2 Å². The highest BCUT2D eigenvalue weighted by Gasteiger charge is 2.21. The van der Waals surface area contributed by atoms with Crippen molar-refractivity contribution < 1.29 is 4.79 Å². The van der Waals surface area contributed by atoms with Gasteiger partial charge in [-0.15, -0.1) is 0 Å². The van der Waals surface area contributed by atoms with Crippen molar-refractivity contribution in [1.82, 2.24) is 9.88 Å². The third-order valence-electron chi connectivity index (χ3n) is 4.77. The molecule has 1 amide bonds. The van der Waals surface area contributed by atoms with Crippen molar-refractivity contribution in [1.29, 1.82) is 0 Å². The molecule has 0 aliphatic rings. The van der Waals surface area contributed by atoms with Gasteiger partial charge in [-0.2, -0.15) is 0 Å². The molecule has 1 aromatic heterocycles. The first-order valence-corrected chi connectivity index (χ1v) is 9.62. The fraction of sp³-hybridized carbons (Fsp3) is 0.273. The van der Waals surface area contributed by atoms with Crippen LogP contribution in [0, 0.1) is 0 Å². The van der Waals surface area contributed by atoms with E-state index in [0.29, 0.717) is 23.7 Å². The largest absolute Gasteiger partial charge is 0.377 e. The Kier molecular flexibility index (Phi) is 5.97. The predicted molar refractivity (Wildman–Crippen MR) is 112 cm³/mol. The average molecular weight is 382 g/mol. The third-order valence-corrected chi connectivity index (χ3v) is 5.01. The number of nitrogens with zero attached hydrogens (tertiary/aromatic N) is 2. The van der Waals surface area contributed by atoms with Crippen LogP contribution in [-0.2, 0) is 0 Å². The number of halogens is 1. The fourth-order valence-corrected chi connectivity index (χ4v) is 3.38. The lowest BCUT2D eigenvalue weighted by molar-refractivity contribution is 0.0773. The molecule has 0 aliphatic carbocycles. The van der Waals surface area contributed by atoms with E-state index >= 15 is 0 Å². The second-order valence-electron chi connectivity index (χ2n) is 6.46. The maximum atomic E-state index is 13.1. The first-order chi connectivity index (χ1) is 13.0. The number of amides is 1. The van der Waals surface area contributed by atoms with Crippen molar-refractivity contribution in [3.63, 3.8) is 0 Å². The van der Waals surface area contributed by atoms with Crippen molar-refractivity contribution in [3.05, 3.63) is 70.9 Å². The molecule has 0 saturated carbocycles. The lowest BCUT2D eigenvalue weighted by Crippen LogP contribution is -2.31. The van der Waals surface area contributed by atoms with Gasteiger partial charge < -0.3 is 10.2 Å². The first-order valence-electron chi connectivity index (χ1n) is 9.24. The Balaban J connectivity index is 2.12. The Bertz CT molecular complexity index is 939. The van der Waals surface area contributed by atoms with Gasteiger partial charge in [-0.05, 0) is 44.5 Å². The van der Waals surface area contributed by atoms with E-state index < -0.39 is 0 Å². The molecule has 0 bridgehead atoms. The lowest BCUT2D eigenvalue weighted by Gasteiger charge is -2.24. The van der Waals surface area contributed by atoms with Gasteiger partial charge in [0.15, 0.2) is 0 Å². The predicted octanol–water partition coefficient (Wildman–Crippen LogP) is 5.54. The van der Waals surface area contributed by atoms with Crippen molar-refractivity contribution >= 4 is 34.1 Å². The fourth-order valence-electron chi connectivity index (χ4n) is 3.21. The van der Waals surface area contributed by atoms with Gasteiger partial charge in [-0.3, -0.25) is 9.78 Å². The highest BCUT2D eigenvalue weighted by Crippen LogP contribution is 2.32. The number of carbonyl (C=O) groups excluding carboxylic acids is 1. The van der Waals surface area contributed by atoms with Crippen LogP contribution in [0.15, 0.2) is 54.7 Å². The molecule has 0 aliphatic heterocycles. The SMILES string of the molecule is CCN(CC)C(=O)c1cnc2ccc(Cl)cc2c1NC(C)c1ccccc1. The normalized spacial score (nSPS) is 12.0. The van der Waals surface area contributed by atoms with Gasteiger partial charge in [-0.1, -0.05) is 41.9 Å². The summed E-state index contributed by atoms with van der Waals surface area (Å²) in [6.07, 6.45) is 1.66. The van der Waals surface area contributed by atoms with Crippen LogP contribution in [0.1, 0.15) is 42.7 Å². The number of carbonyl (C=O) groups is 1. The number of rotatable bonds is 6. The zero-order valence-corrected chi connectivity index (χ0v) is 16.6. The zero-order valence-electron chi connectivity index (χ0n) is 15.9. The van der Waals surface area contributed by atoms with E-state index in [9.17, 15) is 4.79 Å². The summed E-state index contributed by atoms with van der Waals surface area (Å²) in [5.74, 6) is -0.0304. The smallest absolute Gasteiger partial charge is 0.257 e. The molecule has 1 unspecified atom stereocenters. The summed E-state index contributed by atoms with van der Waals surface area (Å²) < 4.78 is 0. The average Bonchev–Trinajstić information content (AvgIpc) is 2.69. The minimum Gasteiger partial charge on any atom is -0.377 e. The van der Waals surface area contributed by atoms with Crippen molar-refractivity contribution in [2.24, 2.45) is 0 Å². The summed E-state index contributed by atoms with van der Waals surface area (Å²) in [6.45, 7) is 7.34. The van der Waals surface area contributed by atoms with Gasteiger partial charge in [0.1, 0.15) is 0 Å². The highest BCUT2D eigenvalue weighted by atomic mass is 35.5. The molecule has 0 spiro atoms. The Hall–Kier alpha value is -2.59. The monoisotopic (exact) mass is 381 g/mol. The van der Waals surface area contributed by atoms with Crippen LogP contribution in [0.5, 0.6) is 0 Å². The van der Waals surface area contributed by atoms with Gasteiger partial charge in [0.05, 0.1) is 16.8 Å². The number of fused-ring (bicyclic) bond motifs is 1. The molecule has 3 aromatic rings. The number of hydrogen-bond acceptors (Lipinski definition) is 3. The van der Waals surface area contributed by atoms with Crippen LogP contribution in [0.3, 0.4) is 0 Å². The second-order valence-corrected chi connectivity index (χ2v) is 6.90. The molecule has 0 fully saturated rings. The molecule has 2 aromatic carbocycles. The topological polar surface area (TPSA) is 45.2 Å². The molecule has 0 saturated heterocycles. The van der Waals surface area contributed by atoms with E-state index in [4.69, 9.17) is 11.6 Å². The van der Waals surface area contributed by atoms with Crippen LogP contribution < -0.4 is 5.32 Å². The Morgan fingerprint density at radius 3 is 2.52 bits per heavy atom. The Morgan fingerprint density at radius 1 is 1.15 bits per heavy atom. The standard InChI is InChI=1S/C22H24ClN3O/c1-4-26(5-2)22(27)19-14-24-20-12-11-17(23)13-18(20)21(19)25-15(3)16-9-7-6-8-10-16/h6-15H,4-5H2,1-3H3,(H,24,25). The maximum Gasteiger partial charge on any atom is 0.257 e. The highest BCUT2D eigenvalue weighted by molar-refractivity contribution is 6.31. The molecule has 4 nitrogen and oxygen atoms in total. The lowest BCUT2D eigenvalue weighted by atomic mass is 10.0. The summed E-state index contributed by atoms with van der Waals surface area (Å²) in [4.78, 5) is 19.4.